The number of amides is 2. The van der Waals surface area contributed by atoms with Gasteiger partial charge in [-0.3, -0.25) is 4.90 Å². The molecule has 0 saturated carbocycles. The minimum Gasteiger partial charge on any atom is -0.379 e. The molecule has 2 N–H and O–H groups in total. The highest BCUT2D eigenvalue weighted by atomic mass is 16.5. The summed E-state index contributed by atoms with van der Waals surface area (Å²) in [6.45, 7) is 9.07. The van der Waals surface area contributed by atoms with Crippen LogP contribution >= 0.6 is 0 Å². The van der Waals surface area contributed by atoms with E-state index >= 15 is 0 Å². The SMILES string of the molecule is Cc1ccc(NC(=O)NCCN2CCOCC2)cc1C. The van der Waals surface area contributed by atoms with Crippen LogP contribution in [0.1, 0.15) is 11.1 Å². The summed E-state index contributed by atoms with van der Waals surface area (Å²) < 4.78 is 5.29. The van der Waals surface area contributed by atoms with Gasteiger partial charge in [-0.15, -0.1) is 0 Å². The van der Waals surface area contributed by atoms with Crippen molar-refractivity contribution in [3.05, 3.63) is 29.3 Å². The lowest BCUT2D eigenvalue weighted by atomic mass is 10.1. The van der Waals surface area contributed by atoms with Crippen molar-refractivity contribution in [2.24, 2.45) is 0 Å². The van der Waals surface area contributed by atoms with Crippen LogP contribution in [0.4, 0.5) is 10.5 Å². The van der Waals surface area contributed by atoms with Gasteiger partial charge >= 0.3 is 6.03 Å². The second-order valence-electron chi connectivity index (χ2n) is 5.13. The summed E-state index contributed by atoms with van der Waals surface area (Å²) >= 11 is 0. The molecular formula is C15H23N3O2. The van der Waals surface area contributed by atoms with E-state index in [1.165, 1.54) is 11.1 Å². The lowest BCUT2D eigenvalue weighted by molar-refractivity contribution is 0.0388. The molecule has 2 amide bonds. The molecule has 5 nitrogen and oxygen atoms in total. The fourth-order valence-electron chi connectivity index (χ4n) is 2.15. The summed E-state index contributed by atoms with van der Waals surface area (Å²) in [7, 11) is 0. The average molecular weight is 277 g/mol. The minimum atomic E-state index is -0.151. The standard InChI is InChI=1S/C15H23N3O2/c1-12-3-4-14(11-13(12)2)17-15(19)16-5-6-18-7-9-20-10-8-18/h3-4,11H,5-10H2,1-2H3,(H2,16,17,19). The number of nitrogens with one attached hydrogen (secondary N) is 2. The predicted octanol–water partition coefficient (Wildman–Crippen LogP) is 1.76. The molecule has 1 saturated heterocycles. The van der Waals surface area contributed by atoms with Crippen molar-refractivity contribution in [1.29, 1.82) is 0 Å². The third-order valence-corrected chi connectivity index (χ3v) is 3.58. The van der Waals surface area contributed by atoms with Gasteiger partial charge in [0.1, 0.15) is 0 Å². The maximum atomic E-state index is 11.8. The van der Waals surface area contributed by atoms with Crippen molar-refractivity contribution in [2.45, 2.75) is 13.8 Å². The first-order chi connectivity index (χ1) is 9.65. The molecule has 2 rings (SSSR count). The summed E-state index contributed by atoms with van der Waals surface area (Å²) in [4.78, 5) is 14.1. The number of carbonyl (C=O) groups excluding carboxylic acids is 1. The number of hydrogen-bond donors (Lipinski definition) is 2. The number of urea groups is 1. The number of rotatable bonds is 4. The molecule has 0 unspecified atom stereocenters. The van der Waals surface area contributed by atoms with Gasteiger partial charge in [0.2, 0.25) is 0 Å². The van der Waals surface area contributed by atoms with Crippen molar-refractivity contribution in [3.63, 3.8) is 0 Å². The van der Waals surface area contributed by atoms with Crippen molar-refractivity contribution in [1.82, 2.24) is 10.2 Å². The van der Waals surface area contributed by atoms with E-state index in [-0.39, 0.29) is 6.03 Å². The Morgan fingerprint density at radius 1 is 1.25 bits per heavy atom. The molecule has 20 heavy (non-hydrogen) atoms. The van der Waals surface area contributed by atoms with E-state index in [2.05, 4.69) is 22.5 Å². The van der Waals surface area contributed by atoms with E-state index in [4.69, 9.17) is 4.74 Å². The second kappa shape index (κ2) is 7.26. The summed E-state index contributed by atoms with van der Waals surface area (Å²) in [6, 6.07) is 5.76. The third-order valence-electron chi connectivity index (χ3n) is 3.58. The number of ether oxygens (including phenoxy) is 1. The first-order valence-corrected chi connectivity index (χ1v) is 7.07. The largest absolute Gasteiger partial charge is 0.379 e. The quantitative estimate of drug-likeness (QED) is 0.881. The van der Waals surface area contributed by atoms with Crippen LogP contribution in [0.3, 0.4) is 0 Å². The molecule has 0 radical (unpaired) electrons. The van der Waals surface area contributed by atoms with Gasteiger partial charge < -0.3 is 15.4 Å². The van der Waals surface area contributed by atoms with Crippen LogP contribution in [-0.4, -0.2) is 50.3 Å². The van der Waals surface area contributed by atoms with Gasteiger partial charge in [0.25, 0.3) is 0 Å². The Bertz CT molecular complexity index is 456. The Morgan fingerprint density at radius 2 is 2.00 bits per heavy atom. The molecule has 110 valence electrons. The zero-order chi connectivity index (χ0) is 14.4. The lowest BCUT2D eigenvalue weighted by Crippen LogP contribution is -2.42. The molecule has 1 aromatic rings. The number of aryl methyl sites for hydroxylation is 2. The van der Waals surface area contributed by atoms with E-state index in [0.29, 0.717) is 6.54 Å². The first kappa shape index (κ1) is 14.8. The maximum absolute atomic E-state index is 11.8. The van der Waals surface area contributed by atoms with Crippen LogP contribution in [0.5, 0.6) is 0 Å². The number of nitrogens with zero attached hydrogens (tertiary/aromatic N) is 1. The zero-order valence-electron chi connectivity index (χ0n) is 12.2. The van der Waals surface area contributed by atoms with Crippen LogP contribution < -0.4 is 10.6 Å². The van der Waals surface area contributed by atoms with Gasteiger partial charge in [0.15, 0.2) is 0 Å². The van der Waals surface area contributed by atoms with Crippen LogP contribution in [-0.2, 0) is 4.74 Å². The van der Waals surface area contributed by atoms with Gasteiger partial charge in [-0.05, 0) is 37.1 Å². The van der Waals surface area contributed by atoms with E-state index in [0.717, 1.165) is 38.5 Å². The molecule has 0 spiro atoms. The molecule has 1 fully saturated rings. The summed E-state index contributed by atoms with van der Waals surface area (Å²) in [6.07, 6.45) is 0. The van der Waals surface area contributed by atoms with Crippen LogP contribution in [0.2, 0.25) is 0 Å². The summed E-state index contributed by atoms with van der Waals surface area (Å²) in [5.41, 5.74) is 3.23. The van der Waals surface area contributed by atoms with E-state index < -0.39 is 0 Å². The van der Waals surface area contributed by atoms with Crippen molar-refractivity contribution in [3.8, 4) is 0 Å². The van der Waals surface area contributed by atoms with Gasteiger partial charge in [0, 0.05) is 31.9 Å². The van der Waals surface area contributed by atoms with Gasteiger partial charge in [-0.2, -0.15) is 0 Å². The molecule has 0 aromatic heterocycles. The molecule has 0 bridgehead atoms. The number of benzene rings is 1. The molecule has 1 aliphatic rings. The third kappa shape index (κ3) is 4.51. The number of anilines is 1. The van der Waals surface area contributed by atoms with Gasteiger partial charge in [-0.25, -0.2) is 4.79 Å². The van der Waals surface area contributed by atoms with Gasteiger partial charge in [-0.1, -0.05) is 6.07 Å². The molecule has 0 aliphatic carbocycles. The van der Waals surface area contributed by atoms with Crippen molar-refractivity contribution in [2.75, 3.05) is 44.7 Å². The normalized spacial score (nSPS) is 15.9. The minimum absolute atomic E-state index is 0.151. The van der Waals surface area contributed by atoms with Crippen LogP contribution in [0, 0.1) is 13.8 Å². The summed E-state index contributed by atoms with van der Waals surface area (Å²) in [5.74, 6) is 0. The van der Waals surface area contributed by atoms with E-state index in [1.807, 2.05) is 25.1 Å². The monoisotopic (exact) mass is 277 g/mol. The Morgan fingerprint density at radius 3 is 2.70 bits per heavy atom. The fourth-order valence-corrected chi connectivity index (χ4v) is 2.15. The fraction of sp³-hybridized carbons (Fsp3) is 0.533. The molecule has 1 heterocycles. The van der Waals surface area contributed by atoms with E-state index in [1.54, 1.807) is 0 Å². The highest BCUT2D eigenvalue weighted by molar-refractivity contribution is 5.89. The first-order valence-electron chi connectivity index (χ1n) is 7.07. The molecule has 1 aromatic carbocycles. The Labute approximate surface area is 120 Å². The number of carbonyl (C=O) groups is 1. The van der Waals surface area contributed by atoms with Crippen LogP contribution in [0.15, 0.2) is 18.2 Å². The smallest absolute Gasteiger partial charge is 0.319 e. The Kier molecular flexibility index (Phi) is 5.38. The predicted molar refractivity (Wildman–Crippen MR) is 80.2 cm³/mol. The second-order valence-corrected chi connectivity index (χ2v) is 5.13. The maximum Gasteiger partial charge on any atom is 0.319 e. The average Bonchev–Trinajstić information content (AvgIpc) is 2.44. The number of morpholine rings is 1. The van der Waals surface area contributed by atoms with Crippen LogP contribution in [0.25, 0.3) is 0 Å². The van der Waals surface area contributed by atoms with Crippen molar-refractivity contribution >= 4 is 11.7 Å². The Hall–Kier alpha value is -1.59. The Balaban J connectivity index is 1.70. The molecule has 0 atom stereocenters. The lowest BCUT2D eigenvalue weighted by Gasteiger charge is -2.26. The zero-order valence-corrected chi connectivity index (χ0v) is 12.2. The number of hydrogen-bond acceptors (Lipinski definition) is 3. The molecular weight excluding hydrogens is 254 g/mol. The highest BCUT2D eigenvalue weighted by Gasteiger charge is 2.10. The van der Waals surface area contributed by atoms with E-state index in [9.17, 15) is 4.79 Å². The molecule has 1 aliphatic heterocycles. The molecule has 5 heteroatoms. The van der Waals surface area contributed by atoms with Gasteiger partial charge in [0.05, 0.1) is 13.2 Å². The van der Waals surface area contributed by atoms with Crippen molar-refractivity contribution < 1.29 is 9.53 Å². The summed E-state index contributed by atoms with van der Waals surface area (Å²) in [5, 5.41) is 5.73. The highest BCUT2D eigenvalue weighted by Crippen LogP contribution is 2.13. The topological polar surface area (TPSA) is 53.6 Å².